The van der Waals surface area contributed by atoms with Crippen LogP contribution < -0.4 is 0 Å². The van der Waals surface area contributed by atoms with Gasteiger partial charge in [-0.3, -0.25) is 9.80 Å². The molecule has 1 aromatic heterocycles. The van der Waals surface area contributed by atoms with E-state index in [2.05, 4.69) is 58.5 Å². The van der Waals surface area contributed by atoms with Gasteiger partial charge in [-0.2, -0.15) is 0 Å². The van der Waals surface area contributed by atoms with Crippen LogP contribution in [0.25, 0.3) is 0 Å². The second kappa shape index (κ2) is 6.96. The van der Waals surface area contributed by atoms with E-state index in [1.165, 1.54) is 16.0 Å². The molecule has 24 heavy (non-hydrogen) atoms. The Bertz CT molecular complexity index is 671. The summed E-state index contributed by atoms with van der Waals surface area (Å²) in [5, 5.41) is 12.3. The van der Waals surface area contributed by atoms with Crippen LogP contribution in [0.2, 0.25) is 0 Å². The van der Waals surface area contributed by atoms with Crippen LogP contribution in [-0.4, -0.2) is 52.7 Å². The molecule has 4 heteroatoms. The van der Waals surface area contributed by atoms with Crippen molar-refractivity contribution < 1.29 is 5.11 Å². The zero-order valence-electron chi connectivity index (χ0n) is 14.3. The highest BCUT2D eigenvalue weighted by Gasteiger charge is 2.39. The number of benzene rings is 1. The summed E-state index contributed by atoms with van der Waals surface area (Å²) >= 11 is 1.87. The Kier molecular flexibility index (Phi) is 4.72. The second-order valence-electron chi connectivity index (χ2n) is 7.30. The van der Waals surface area contributed by atoms with E-state index in [4.69, 9.17) is 0 Å². The number of hydrogen-bond acceptors (Lipinski definition) is 4. The summed E-state index contributed by atoms with van der Waals surface area (Å²) in [4.78, 5) is 6.65. The minimum Gasteiger partial charge on any atom is -0.392 e. The molecule has 128 valence electrons. The van der Waals surface area contributed by atoms with E-state index in [9.17, 15) is 5.11 Å². The van der Waals surface area contributed by atoms with Gasteiger partial charge in [0.2, 0.25) is 0 Å². The number of piperazine rings is 1. The SMILES string of the molecule is Cc1ccsc1CN1C[C@@H]2C[C@@H](O)CN2C[C@H]1Cc1ccccc1. The maximum atomic E-state index is 10.1. The molecular formula is C20H26N2OS. The van der Waals surface area contributed by atoms with E-state index in [-0.39, 0.29) is 6.10 Å². The minimum absolute atomic E-state index is 0.143. The van der Waals surface area contributed by atoms with E-state index in [0.29, 0.717) is 12.1 Å². The van der Waals surface area contributed by atoms with Crippen molar-refractivity contribution in [3.63, 3.8) is 0 Å². The third kappa shape index (κ3) is 3.42. The van der Waals surface area contributed by atoms with Crippen LogP contribution in [0.15, 0.2) is 41.8 Å². The zero-order chi connectivity index (χ0) is 16.5. The van der Waals surface area contributed by atoms with Gasteiger partial charge in [0.15, 0.2) is 0 Å². The molecule has 0 aliphatic carbocycles. The first-order valence-corrected chi connectivity index (χ1v) is 9.80. The lowest BCUT2D eigenvalue weighted by molar-refractivity contribution is 0.0451. The van der Waals surface area contributed by atoms with Crippen molar-refractivity contribution in [2.75, 3.05) is 19.6 Å². The van der Waals surface area contributed by atoms with Gasteiger partial charge in [0.25, 0.3) is 0 Å². The predicted octanol–water partition coefficient (Wildman–Crippen LogP) is 2.92. The van der Waals surface area contributed by atoms with Gasteiger partial charge in [0.1, 0.15) is 0 Å². The number of nitrogens with zero attached hydrogens (tertiary/aromatic N) is 2. The largest absolute Gasteiger partial charge is 0.392 e. The predicted molar refractivity (Wildman–Crippen MR) is 99.4 cm³/mol. The average Bonchev–Trinajstić information content (AvgIpc) is 3.13. The monoisotopic (exact) mass is 342 g/mol. The number of hydrogen-bond donors (Lipinski definition) is 1. The fourth-order valence-corrected chi connectivity index (χ4v) is 5.13. The topological polar surface area (TPSA) is 26.7 Å². The summed E-state index contributed by atoms with van der Waals surface area (Å²) in [7, 11) is 0. The number of rotatable bonds is 4. The van der Waals surface area contributed by atoms with Gasteiger partial charge >= 0.3 is 0 Å². The molecule has 0 unspecified atom stereocenters. The smallest absolute Gasteiger partial charge is 0.0682 e. The summed E-state index contributed by atoms with van der Waals surface area (Å²) in [5.74, 6) is 0. The van der Waals surface area contributed by atoms with Crippen LogP contribution in [0.3, 0.4) is 0 Å². The number of thiophene rings is 1. The van der Waals surface area contributed by atoms with E-state index in [0.717, 1.165) is 39.0 Å². The van der Waals surface area contributed by atoms with Crippen LogP contribution in [0, 0.1) is 6.92 Å². The Balaban J connectivity index is 1.53. The summed E-state index contributed by atoms with van der Waals surface area (Å²) in [6, 6.07) is 14.1. The lowest BCUT2D eigenvalue weighted by Crippen LogP contribution is -2.56. The highest BCUT2D eigenvalue weighted by Crippen LogP contribution is 2.29. The van der Waals surface area contributed by atoms with Gasteiger partial charge in [0, 0.05) is 43.1 Å². The summed E-state index contributed by atoms with van der Waals surface area (Å²) < 4.78 is 0. The van der Waals surface area contributed by atoms with Crippen molar-refractivity contribution in [3.8, 4) is 0 Å². The van der Waals surface area contributed by atoms with Crippen molar-refractivity contribution in [1.82, 2.24) is 9.80 Å². The molecule has 3 atom stereocenters. The molecule has 2 fully saturated rings. The van der Waals surface area contributed by atoms with Crippen LogP contribution in [0.1, 0.15) is 22.4 Å². The van der Waals surface area contributed by atoms with Crippen LogP contribution in [0.4, 0.5) is 0 Å². The van der Waals surface area contributed by atoms with Gasteiger partial charge < -0.3 is 5.11 Å². The highest BCUT2D eigenvalue weighted by atomic mass is 32.1. The average molecular weight is 343 g/mol. The Morgan fingerprint density at radius 3 is 2.71 bits per heavy atom. The molecule has 1 N–H and O–H groups in total. The van der Waals surface area contributed by atoms with E-state index >= 15 is 0 Å². The van der Waals surface area contributed by atoms with Gasteiger partial charge in [0.05, 0.1) is 6.10 Å². The lowest BCUT2D eigenvalue weighted by Gasteiger charge is -2.43. The second-order valence-corrected chi connectivity index (χ2v) is 8.30. The summed E-state index contributed by atoms with van der Waals surface area (Å²) in [5.41, 5.74) is 2.82. The van der Waals surface area contributed by atoms with Crippen LogP contribution in [-0.2, 0) is 13.0 Å². The van der Waals surface area contributed by atoms with Gasteiger partial charge in [-0.25, -0.2) is 0 Å². The van der Waals surface area contributed by atoms with Crippen LogP contribution >= 0.6 is 11.3 Å². The van der Waals surface area contributed by atoms with Gasteiger partial charge in [-0.1, -0.05) is 30.3 Å². The molecule has 0 radical (unpaired) electrons. The van der Waals surface area contributed by atoms with E-state index in [1.807, 2.05) is 11.3 Å². The van der Waals surface area contributed by atoms with Crippen molar-refractivity contribution in [1.29, 1.82) is 0 Å². The molecule has 2 saturated heterocycles. The van der Waals surface area contributed by atoms with E-state index < -0.39 is 0 Å². The third-order valence-electron chi connectivity index (χ3n) is 5.54. The first kappa shape index (κ1) is 16.3. The highest BCUT2D eigenvalue weighted by molar-refractivity contribution is 7.10. The molecule has 2 aliphatic heterocycles. The number of aryl methyl sites for hydroxylation is 1. The third-order valence-corrected chi connectivity index (χ3v) is 6.55. The molecule has 3 nitrogen and oxygen atoms in total. The molecule has 0 saturated carbocycles. The quantitative estimate of drug-likeness (QED) is 0.925. The van der Waals surface area contributed by atoms with Crippen molar-refractivity contribution in [3.05, 3.63) is 57.8 Å². The summed E-state index contributed by atoms with van der Waals surface area (Å²) in [6.45, 7) is 6.25. The molecule has 3 heterocycles. The first-order chi connectivity index (χ1) is 11.7. The standard InChI is InChI=1S/C20H26N2OS/c1-15-7-8-24-20(15)14-22-12-18-10-19(23)13-21(18)11-17(22)9-16-5-3-2-4-6-16/h2-8,17-19,23H,9-14H2,1H3/t17-,18+,19-/m1/s1. The molecule has 4 rings (SSSR count). The molecule has 0 amide bonds. The molecule has 1 aromatic carbocycles. The Labute approximate surface area is 148 Å². The Morgan fingerprint density at radius 1 is 1.12 bits per heavy atom. The minimum atomic E-state index is -0.143. The zero-order valence-corrected chi connectivity index (χ0v) is 15.1. The van der Waals surface area contributed by atoms with Gasteiger partial charge in [-0.05, 0) is 42.3 Å². The van der Waals surface area contributed by atoms with E-state index in [1.54, 1.807) is 0 Å². The van der Waals surface area contributed by atoms with Crippen molar-refractivity contribution in [2.24, 2.45) is 0 Å². The number of aliphatic hydroxyl groups is 1. The first-order valence-electron chi connectivity index (χ1n) is 8.92. The normalized spacial score (nSPS) is 28.2. The molecule has 2 aliphatic rings. The molecule has 0 bridgehead atoms. The van der Waals surface area contributed by atoms with Gasteiger partial charge in [-0.15, -0.1) is 11.3 Å². The van der Waals surface area contributed by atoms with Crippen molar-refractivity contribution >= 4 is 11.3 Å². The number of fused-ring (bicyclic) bond motifs is 1. The lowest BCUT2D eigenvalue weighted by atomic mass is 9.99. The molecule has 2 aromatic rings. The number of aliphatic hydroxyl groups excluding tert-OH is 1. The van der Waals surface area contributed by atoms with Crippen LogP contribution in [0.5, 0.6) is 0 Å². The fourth-order valence-electron chi connectivity index (χ4n) is 4.20. The van der Waals surface area contributed by atoms with Crippen molar-refractivity contribution in [2.45, 2.75) is 44.5 Å². The maximum Gasteiger partial charge on any atom is 0.0682 e. The molecule has 0 spiro atoms. The Hall–Kier alpha value is -1.20. The fraction of sp³-hybridized carbons (Fsp3) is 0.500. The Morgan fingerprint density at radius 2 is 1.96 bits per heavy atom. The molecular weight excluding hydrogens is 316 g/mol. The maximum absolute atomic E-state index is 10.1. The summed E-state index contributed by atoms with van der Waals surface area (Å²) in [6.07, 6.45) is 1.87.